The van der Waals surface area contributed by atoms with Crippen molar-refractivity contribution in [1.82, 2.24) is 9.88 Å². The number of hydrogen-bond donors (Lipinski definition) is 1. The van der Waals surface area contributed by atoms with Crippen LogP contribution >= 0.6 is 15.9 Å². The first-order chi connectivity index (χ1) is 16.9. The number of ketones is 1. The van der Waals surface area contributed by atoms with Crippen molar-refractivity contribution in [3.63, 3.8) is 0 Å². The zero-order valence-corrected chi connectivity index (χ0v) is 21.2. The smallest absolute Gasteiger partial charge is 0.232 e. The Morgan fingerprint density at radius 1 is 1.17 bits per heavy atom. The van der Waals surface area contributed by atoms with Gasteiger partial charge in [0.2, 0.25) is 5.78 Å². The minimum absolute atomic E-state index is 0.141. The van der Waals surface area contributed by atoms with Gasteiger partial charge in [0, 0.05) is 49.0 Å². The number of fused-ring (bicyclic) bond motifs is 1. The molecule has 0 unspecified atom stereocenters. The number of aromatic hydroxyl groups is 1. The number of carbonyl (C=O) groups is 1. The van der Waals surface area contributed by atoms with Crippen LogP contribution in [0.5, 0.6) is 17.2 Å². The lowest BCUT2D eigenvalue weighted by molar-refractivity contribution is 0.101. The van der Waals surface area contributed by atoms with Crippen molar-refractivity contribution in [3.05, 3.63) is 81.1 Å². The second-order valence-corrected chi connectivity index (χ2v) is 9.59. The molecule has 0 amide bonds. The maximum absolute atomic E-state index is 13.3. The van der Waals surface area contributed by atoms with E-state index in [2.05, 4.69) is 30.7 Å². The highest BCUT2D eigenvalue weighted by Crippen LogP contribution is 2.43. The molecule has 1 fully saturated rings. The molecule has 0 aliphatic carbocycles. The summed E-state index contributed by atoms with van der Waals surface area (Å²) in [6.07, 6.45) is 3.50. The van der Waals surface area contributed by atoms with Gasteiger partial charge in [-0.2, -0.15) is 0 Å². The van der Waals surface area contributed by atoms with Gasteiger partial charge < -0.3 is 19.5 Å². The van der Waals surface area contributed by atoms with E-state index in [0.717, 1.165) is 42.0 Å². The third-order valence-corrected chi connectivity index (χ3v) is 6.92. The lowest BCUT2D eigenvalue weighted by Crippen LogP contribution is -2.46. The van der Waals surface area contributed by atoms with Crippen molar-refractivity contribution in [2.75, 3.05) is 38.2 Å². The Hall–Kier alpha value is -3.36. The number of Topliss-reactive ketones (excluding diaryl/α,β-unsaturated/α-hetero) is 1. The van der Waals surface area contributed by atoms with Gasteiger partial charge in [0.25, 0.3) is 0 Å². The molecule has 7 nitrogen and oxygen atoms in total. The van der Waals surface area contributed by atoms with E-state index in [4.69, 9.17) is 9.47 Å². The number of phenols is 1. The van der Waals surface area contributed by atoms with Gasteiger partial charge in [0.15, 0.2) is 5.76 Å². The number of aromatic nitrogens is 1. The molecular formula is C27H26BrN3O4. The molecule has 0 saturated carbocycles. The number of piperazine rings is 1. The first-order valence-corrected chi connectivity index (χ1v) is 12.3. The van der Waals surface area contributed by atoms with Crippen LogP contribution in [0, 0.1) is 6.92 Å². The van der Waals surface area contributed by atoms with Gasteiger partial charge >= 0.3 is 0 Å². The number of ether oxygens (including phenoxy) is 2. The number of halogens is 1. The van der Waals surface area contributed by atoms with Gasteiger partial charge in [0.1, 0.15) is 23.1 Å². The molecule has 0 spiro atoms. The number of allylic oxidation sites excluding steroid dienone is 1. The molecule has 2 aromatic carbocycles. The second kappa shape index (κ2) is 9.71. The summed E-state index contributed by atoms with van der Waals surface area (Å²) in [7, 11) is 1.59. The Balaban J connectivity index is 1.40. The number of pyridine rings is 1. The second-order valence-electron chi connectivity index (χ2n) is 8.67. The van der Waals surface area contributed by atoms with E-state index in [-0.39, 0.29) is 17.3 Å². The molecule has 8 heteroatoms. The van der Waals surface area contributed by atoms with E-state index in [0.29, 0.717) is 34.7 Å². The lowest BCUT2D eigenvalue weighted by Gasteiger charge is -2.35. The molecule has 35 heavy (non-hydrogen) atoms. The zero-order chi connectivity index (χ0) is 24.5. The third-order valence-electron chi connectivity index (χ3n) is 6.43. The summed E-state index contributed by atoms with van der Waals surface area (Å²) in [5.41, 5.74) is 2.56. The van der Waals surface area contributed by atoms with Gasteiger partial charge in [-0.1, -0.05) is 22.0 Å². The van der Waals surface area contributed by atoms with E-state index in [1.165, 1.54) is 0 Å². The molecule has 1 N–H and O–H groups in total. The fourth-order valence-corrected chi connectivity index (χ4v) is 4.97. The van der Waals surface area contributed by atoms with Crippen LogP contribution in [0.25, 0.3) is 6.08 Å². The summed E-state index contributed by atoms with van der Waals surface area (Å²) in [6, 6.07) is 13.2. The van der Waals surface area contributed by atoms with Crippen molar-refractivity contribution in [3.8, 4) is 17.2 Å². The van der Waals surface area contributed by atoms with Crippen LogP contribution in [-0.4, -0.2) is 54.1 Å². The van der Waals surface area contributed by atoms with E-state index in [1.54, 1.807) is 25.4 Å². The third kappa shape index (κ3) is 4.63. The molecule has 180 valence electrons. The van der Waals surface area contributed by atoms with Crippen molar-refractivity contribution in [2.45, 2.75) is 13.5 Å². The maximum atomic E-state index is 13.3. The van der Waals surface area contributed by atoms with Crippen LogP contribution in [0.2, 0.25) is 0 Å². The Morgan fingerprint density at radius 3 is 2.69 bits per heavy atom. The number of nitrogens with zero attached hydrogens (tertiary/aromatic N) is 3. The summed E-state index contributed by atoms with van der Waals surface area (Å²) >= 11 is 3.47. The minimum Gasteiger partial charge on any atom is -0.507 e. The SMILES string of the molecule is COc1ccc(Br)cc1/C=C1\Oc2c(CN3CCN(c4ccccn4)CC3)c(O)cc(C)c2C1=O. The molecule has 0 bridgehead atoms. The molecule has 2 aliphatic heterocycles. The van der Waals surface area contributed by atoms with Gasteiger partial charge in [-0.15, -0.1) is 0 Å². The largest absolute Gasteiger partial charge is 0.507 e. The van der Waals surface area contributed by atoms with Crippen molar-refractivity contribution >= 4 is 33.6 Å². The molecule has 3 heterocycles. The van der Waals surface area contributed by atoms with Crippen LogP contribution in [0.4, 0.5) is 5.82 Å². The summed E-state index contributed by atoms with van der Waals surface area (Å²) in [4.78, 5) is 22.3. The summed E-state index contributed by atoms with van der Waals surface area (Å²) in [5, 5.41) is 10.8. The average Bonchev–Trinajstić information content (AvgIpc) is 3.19. The number of anilines is 1. The monoisotopic (exact) mass is 535 g/mol. The number of methoxy groups -OCH3 is 1. The Labute approximate surface area is 212 Å². The Morgan fingerprint density at radius 2 is 1.97 bits per heavy atom. The number of rotatable bonds is 5. The highest BCUT2D eigenvalue weighted by molar-refractivity contribution is 9.10. The predicted octanol–water partition coefficient (Wildman–Crippen LogP) is 4.81. The minimum atomic E-state index is -0.194. The van der Waals surface area contributed by atoms with E-state index in [1.807, 2.05) is 43.3 Å². The average molecular weight is 536 g/mol. The van der Waals surface area contributed by atoms with Gasteiger partial charge in [0.05, 0.1) is 18.2 Å². The quantitative estimate of drug-likeness (QED) is 0.470. The molecule has 5 rings (SSSR count). The highest BCUT2D eigenvalue weighted by atomic mass is 79.9. The van der Waals surface area contributed by atoms with Crippen LogP contribution < -0.4 is 14.4 Å². The van der Waals surface area contributed by atoms with Gasteiger partial charge in [-0.3, -0.25) is 9.69 Å². The number of benzene rings is 2. The van der Waals surface area contributed by atoms with Gasteiger partial charge in [-0.05, 0) is 55.0 Å². The molecular weight excluding hydrogens is 510 g/mol. The molecule has 0 atom stereocenters. The summed E-state index contributed by atoms with van der Waals surface area (Å²) in [6.45, 7) is 5.59. The van der Waals surface area contributed by atoms with Crippen molar-refractivity contribution in [1.29, 1.82) is 0 Å². The highest BCUT2D eigenvalue weighted by Gasteiger charge is 2.34. The van der Waals surface area contributed by atoms with Crippen molar-refractivity contribution in [2.24, 2.45) is 0 Å². The number of hydrogen-bond acceptors (Lipinski definition) is 7. The first-order valence-electron chi connectivity index (χ1n) is 11.5. The maximum Gasteiger partial charge on any atom is 0.232 e. The summed E-state index contributed by atoms with van der Waals surface area (Å²) in [5.74, 6) is 2.21. The van der Waals surface area contributed by atoms with Crippen LogP contribution in [0.1, 0.15) is 27.0 Å². The van der Waals surface area contributed by atoms with E-state index < -0.39 is 0 Å². The van der Waals surface area contributed by atoms with E-state index in [9.17, 15) is 9.90 Å². The number of phenolic OH excluding ortho intramolecular Hbond substituents is 1. The standard InChI is InChI=1S/C27H26BrN3O4/c1-17-13-21(32)20(16-30-9-11-31(12-10-30)24-5-3-4-8-29-24)27-25(17)26(33)23(35-27)15-18-14-19(28)6-7-22(18)34-2/h3-8,13-15,32H,9-12,16H2,1-2H3/b23-15-. The van der Waals surface area contributed by atoms with Gasteiger partial charge in [-0.25, -0.2) is 4.98 Å². The molecule has 1 aromatic heterocycles. The molecule has 0 radical (unpaired) electrons. The fourth-order valence-electron chi connectivity index (χ4n) is 4.59. The van der Waals surface area contributed by atoms with Crippen LogP contribution in [0.3, 0.4) is 0 Å². The fraction of sp³-hybridized carbons (Fsp3) is 0.259. The van der Waals surface area contributed by atoms with Crippen LogP contribution in [-0.2, 0) is 6.54 Å². The van der Waals surface area contributed by atoms with E-state index >= 15 is 0 Å². The lowest BCUT2D eigenvalue weighted by atomic mass is 9.99. The van der Waals surface area contributed by atoms with Crippen molar-refractivity contribution < 1.29 is 19.4 Å². The Kier molecular flexibility index (Phi) is 6.49. The summed E-state index contributed by atoms with van der Waals surface area (Å²) < 4.78 is 12.4. The molecule has 3 aromatic rings. The number of aryl methyl sites for hydroxylation is 1. The molecule has 2 aliphatic rings. The Bertz CT molecular complexity index is 1300. The number of carbonyl (C=O) groups excluding carboxylic acids is 1. The predicted molar refractivity (Wildman–Crippen MR) is 138 cm³/mol. The zero-order valence-electron chi connectivity index (χ0n) is 19.6. The normalized spacial score (nSPS) is 16.9. The topological polar surface area (TPSA) is 75.1 Å². The van der Waals surface area contributed by atoms with Crippen LogP contribution in [0.15, 0.2) is 58.9 Å². The molecule has 1 saturated heterocycles. The first kappa shape index (κ1) is 23.4.